The van der Waals surface area contributed by atoms with E-state index in [0.29, 0.717) is 29.5 Å². The number of sulfonamides is 1. The summed E-state index contributed by atoms with van der Waals surface area (Å²) in [5, 5.41) is 9.50. The van der Waals surface area contributed by atoms with Crippen LogP contribution in [-0.4, -0.2) is 51.4 Å². The molecule has 0 spiro atoms. The van der Waals surface area contributed by atoms with Crippen LogP contribution in [0.5, 0.6) is 0 Å². The Labute approximate surface area is 159 Å². The van der Waals surface area contributed by atoms with E-state index in [2.05, 4.69) is 26.0 Å². The number of aliphatic imine (C=N–C) groups is 1. The normalized spacial score (nSPS) is 12.4. The number of guanidine groups is 1. The van der Waals surface area contributed by atoms with Crippen molar-refractivity contribution >= 4 is 27.3 Å². The van der Waals surface area contributed by atoms with Gasteiger partial charge in [-0.2, -0.15) is 0 Å². The fraction of sp³-hybridized carbons (Fsp3) is 0.412. The highest BCUT2D eigenvalue weighted by Crippen LogP contribution is 2.18. The molecule has 0 amide bonds. The van der Waals surface area contributed by atoms with Crippen LogP contribution in [0.3, 0.4) is 0 Å². The maximum absolute atomic E-state index is 12.4. The van der Waals surface area contributed by atoms with Crippen molar-refractivity contribution in [2.45, 2.75) is 24.8 Å². The van der Waals surface area contributed by atoms with Gasteiger partial charge in [0.2, 0.25) is 10.0 Å². The van der Waals surface area contributed by atoms with Crippen molar-refractivity contribution in [2.24, 2.45) is 4.99 Å². The topological polar surface area (TPSA) is 86.7 Å². The molecule has 0 saturated heterocycles. The minimum Gasteiger partial charge on any atom is -0.356 e. The lowest BCUT2D eigenvalue weighted by Crippen LogP contribution is -2.38. The van der Waals surface area contributed by atoms with Gasteiger partial charge in [-0.15, -0.1) is 11.3 Å². The van der Waals surface area contributed by atoms with Crippen LogP contribution in [0.2, 0.25) is 0 Å². The zero-order chi connectivity index (χ0) is 19.2. The zero-order valence-corrected chi connectivity index (χ0v) is 17.1. The minimum absolute atomic E-state index is 0.297. The van der Waals surface area contributed by atoms with Crippen molar-refractivity contribution in [1.82, 2.24) is 19.9 Å². The van der Waals surface area contributed by atoms with Gasteiger partial charge in [-0.3, -0.25) is 4.99 Å². The van der Waals surface area contributed by atoms with E-state index in [1.165, 1.54) is 18.4 Å². The summed E-state index contributed by atoms with van der Waals surface area (Å²) in [6.07, 6.45) is 0.802. The fourth-order valence-electron chi connectivity index (χ4n) is 2.33. The van der Waals surface area contributed by atoms with E-state index < -0.39 is 10.0 Å². The van der Waals surface area contributed by atoms with Crippen LogP contribution < -0.4 is 10.6 Å². The molecule has 0 aliphatic heterocycles. The molecule has 1 aromatic heterocycles. The Hall–Kier alpha value is -1.97. The second-order valence-electron chi connectivity index (χ2n) is 5.86. The minimum atomic E-state index is -3.49. The third-order valence-corrected chi connectivity index (χ3v) is 6.48. The summed E-state index contributed by atoms with van der Waals surface area (Å²) >= 11 is 1.64. The first-order chi connectivity index (χ1) is 12.3. The Morgan fingerprint density at radius 1 is 1.27 bits per heavy atom. The molecule has 2 aromatic rings. The van der Waals surface area contributed by atoms with Crippen molar-refractivity contribution in [3.05, 3.63) is 45.9 Å². The van der Waals surface area contributed by atoms with Crippen LogP contribution >= 0.6 is 11.3 Å². The third kappa shape index (κ3) is 5.26. The molecule has 1 aromatic carbocycles. The largest absolute Gasteiger partial charge is 0.356 e. The predicted octanol–water partition coefficient (Wildman–Crippen LogP) is 1.61. The van der Waals surface area contributed by atoms with Crippen molar-refractivity contribution in [3.63, 3.8) is 0 Å². The molecule has 1 heterocycles. The van der Waals surface area contributed by atoms with Crippen LogP contribution in [0, 0.1) is 6.92 Å². The molecule has 26 heavy (non-hydrogen) atoms. The summed E-state index contributed by atoms with van der Waals surface area (Å²) in [6.45, 7) is 3.04. The Balaban J connectivity index is 1.96. The molecule has 0 aliphatic rings. The van der Waals surface area contributed by atoms with Gasteiger partial charge in [0.05, 0.1) is 15.6 Å². The second-order valence-corrected chi connectivity index (χ2v) is 9.04. The maximum Gasteiger partial charge on any atom is 0.242 e. The molecule has 0 atom stereocenters. The Kier molecular flexibility index (Phi) is 7.13. The van der Waals surface area contributed by atoms with E-state index in [1.54, 1.807) is 36.6 Å². The van der Waals surface area contributed by atoms with Crippen LogP contribution in [-0.2, 0) is 23.0 Å². The van der Waals surface area contributed by atoms with E-state index in [-0.39, 0.29) is 0 Å². The third-order valence-electron chi connectivity index (χ3n) is 3.74. The van der Waals surface area contributed by atoms with Gasteiger partial charge in [-0.25, -0.2) is 17.7 Å². The molecule has 0 saturated carbocycles. The van der Waals surface area contributed by atoms with Crippen molar-refractivity contribution in [3.8, 4) is 0 Å². The number of nitrogens with one attached hydrogen (secondary N) is 2. The number of hydrogen-bond donors (Lipinski definition) is 2. The highest BCUT2D eigenvalue weighted by molar-refractivity contribution is 7.89. The number of benzene rings is 1. The zero-order valence-electron chi connectivity index (χ0n) is 15.5. The molecule has 0 aliphatic carbocycles. The van der Waals surface area contributed by atoms with Gasteiger partial charge in [0.15, 0.2) is 5.96 Å². The molecule has 7 nitrogen and oxygen atoms in total. The van der Waals surface area contributed by atoms with E-state index in [1.807, 2.05) is 13.0 Å². The van der Waals surface area contributed by atoms with E-state index >= 15 is 0 Å². The number of hydrogen-bond acceptors (Lipinski definition) is 5. The monoisotopic (exact) mass is 395 g/mol. The molecule has 0 unspecified atom stereocenters. The predicted molar refractivity (Wildman–Crippen MR) is 106 cm³/mol. The van der Waals surface area contributed by atoms with Crippen LogP contribution in [0.1, 0.15) is 16.3 Å². The number of nitrogens with zero attached hydrogens (tertiary/aromatic N) is 3. The van der Waals surface area contributed by atoms with E-state index in [4.69, 9.17) is 0 Å². The SMILES string of the molecule is CN=C(NCCc1csc(C)n1)NCc1ccccc1S(=O)(=O)N(C)C. The molecule has 2 N–H and O–H groups in total. The van der Waals surface area contributed by atoms with Crippen molar-refractivity contribution in [1.29, 1.82) is 0 Å². The molecular weight excluding hydrogens is 370 g/mol. The molecule has 0 bridgehead atoms. The smallest absolute Gasteiger partial charge is 0.242 e. The number of rotatable bonds is 7. The van der Waals surface area contributed by atoms with Crippen molar-refractivity contribution in [2.75, 3.05) is 27.7 Å². The second kappa shape index (κ2) is 9.11. The summed E-state index contributed by atoms with van der Waals surface area (Å²) in [5.74, 6) is 0.619. The summed E-state index contributed by atoms with van der Waals surface area (Å²) < 4.78 is 26.1. The molecule has 9 heteroatoms. The lowest BCUT2D eigenvalue weighted by Gasteiger charge is -2.16. The first-order valence-electron chi connectivity index (χ1n) is 8.20. The number of thiazole rings is 1. The number of aromatic nitrogens is 1. The van der Waals surface area contributed by atoms with Gasteiger partial charge >= 0.3 is 0 Å². The Morgan fingerprint density at radius 2 is 2.00 bits per heavy atom. The van der Waals surface area contributed by atoms with Crippen LogP contribution in [0.4, 0.5) is 0 Å². The van der Waals surface area contributed by atoms with Gasteiger partial charge in [-0.05, 0) is 18.6 Å². The molecular formula is C17H25N5O2S2. The quantitative estimate of drug-likeness (QED) is 0.549. The Bertz CT molecular complexity index is 860. The first kappa shape index (κ1) is 20.3. The van der Waals surface area contributed by atoms with Gasteiger partial charge in [0.1, 0.15) is 0 Å². The molecule has 2 rings (SSSR count). The highest BCUT2D eigenvalue weighted by Gasteiger charge is 2.20. The van der Waals surface area contributed by atoms with Gasteiger partial charge in [0, 0.05) is 46.0 Å². The molecule has 142 valence electrons. The lowest BCUT2D eigenvalue weighted by molar-refractivity contribution is 0.519. The summed E-state index contributed by atoms with van der Waals surface area (Å²) in [7, 11) is 1.25. The van der Waals surface area contributed by atoms with Gasteiger partial charge in [-0.1, -0.05) is 18.2 Å². The fourth-order valence-corrected chi connectivity index (χ4v) is 4.09. The Morgan fingerprint density at radius 3 is 2.62 bits per heavy atom. The van der Waals surface area contributed by atoms with Crippen molar-refractivity contribution < 1.29 is 8.42 Å². The average Bonchev–Trinajstić information content (AvgIpc) is 3.03. The standard InChI is InChI=1S/C17H25N5O2S2/c1-13-21-15(12-25-13)9-10-19-17(18-2)20-11-14-7-5-6-8-16(14)26(23,24)22(3)4/h5-8,12H,9-11H2,1-4H3,(H2,18,19,20). The van der Waals surface area contributed by atoms with Crippen LogP contribution in [0.15, 0.2) is 39.5 Å². The number of aryl methyl sites for hydroxylation is 1. The van der Waals surface area contributed by atoms with Gasteiger partial charge < -0.3 is 10.6 Å². The average molecular weight is 396 g/mol. The summed E-state index contributed by atoms with van der Waals surface area (Å²) in [6, 6.07) is 6.97. The summed E-state index contributed by atoms with van der Waals surface area (Å²) in [4.78, 5) is 8.91. The van der Waals surface area contributed by atoms with E-state index in [0.717, 1.165) is 17.1 Å². The summed E-state index contributed by atoms with van der Waals surface area (Å²) in [5.41, 5.74) is 1.75. The lowest BCUT2D eigenvalue weighted by atomic mass is 10.2. The first-order valence-corrected chi connectivity index (χ1v) is 10.5. The molecule has 0 fully saturated rings. The van der Waals surface area contributed by atoms with Gasteiger partial charge in [0.25, 0.3) is 0 Å². The van der Waals surface area contributed by atoms with Crippen LogP contribution in [0.25, 0.3) is 0 Å². The molecule has 0 radical (unpaired) electrons. The highest BCUT2D eigenvalue weighted by atomic mass is 32.2. The maximum atomic E-state index is 12.4. The van der Waals surface area contributed by atoms with E-state index in [9.17, 15) is 8.42 Å².